The topological polar surface area (TPSA) is 39.9 Å². The van der Waals surface area contributed by atoms with E-state index < -0.39 is 11.9 Å². The van der Waals surface area contributed by atoms with E-state index in [4.69, 9.17) is 4.74 Å². The number of rotatable bonds is 3. The van der Waals surface area contributed by atoms with Crippen molar-refractivity contribution in [1.82, 2.24) is 14.8 Å². The number of alkyl halides is 3. The molecule has 110 valence electrons. The molecule has 0 aliphatic rings. The summed E-state index contributed by atoms with van der Waals surface area (Å²) in [4.78, 5) is 3.84. The molecule has 0 N–H and O–H groups in total. The largest absolute Gasteiger partial charge is 0.478 e. The molecule has 2 aromatic heterocycles. The van der Waals surface area contributed by atoms with Crippen LogP contribution in [0.15, 0.2) is 30.6 Å². The molecule has 2 heterocycles. The number of nitrogens with zero attached hydrogens (tertiary/aromatic N) is 3. The zero-order valence-electron chi connectivity index (χ0n) is 11.5. The third-order valence-corrected chi connectivity index (χ3v) is 2.15. The number of hydrogen-bond acceptors (Lipinski definition) is 3. The molecule has 0 spiro atoms. The van der Waals surface area contributed by atoms with Crippen molar-refractivity contribution in [3.05, 3.63) is 36.3 Å². The second-order valence-corrected chi connectivity index (χ2v) is 3.42. The van der Waals surface area contributed by atoms with Gasteiger partial charge < -0.3 is 4.74 Å². The second-order valence-electron chi connectivity index (χ2n) is 3.42. The highest BCUT2D eigenvalue weighted by Gasteiger charge is 2.35. The minimum atomic E-state index is -4.50. The summed E-state index contributed by atoms with van der Waals surface area (Å²) in [5, 5.41) is 3.50. The SMILES string of the molecule is CC.CCOc1cc(C(F)(F)F)nn1-c1cccnc1. The first kappa shape index (κ1) is 16.0. The summed E-state index contributed by atoms with van der Waals surface area (Å²) in [5.74, 6) is 0.0397. The Morgan fingerprint density at radius 2 is 2.00 bits per heavy atom. The van der Waals surface area contributed by atoms with E-state index in [9.17, 15) is 13.2 Å². The number of aromatic nitrogens is 3. The number of hydrogen-bond donors (Lipinski definition) is 0. The van der Waals surface area contributed by atoms with Gasteiger partial charge in [-0.2, -0.15) is 23.0 Å². The van der Waals surface area contributed by atoms with Crippen LogP contribution in [0.5, 0.6) is 5.88 Å². The predicted molar refractivity (Wildman–Crippen MR) is 68.9 cm³/mol. The Kier molecular flexibility index (Phi) is 5.54. The summed E-state index contributed by atoms with van der Waals surface area (Å²) in [5.41, 5.74) is -0.578. The van der Waals surface area contributed by atoms with Crippen LogP contribution in [-0.2, 0) is 6.18 Å². The first-order chi connectivity index (χ1) is 9.52. The molecule has 20 heavy (non-hydrogen) atoms. The molecule has 0 saturated heterocycles. The van der Waals surface area contributed by atoms with Gasteiger partial charge in [-0.3, -0.25) is 4.98 Å². The Balaban J connectivity index is 0.000000956. The van der Waals surface area contributed by atoms with Gasteiger partial charge in [-0.15, -0.1) is 0 Å². The Morgan fingerprint density at radius 1 is 1.30 bits per heavy atom. The zero-order valence-corrected chi connectivity index (χ0v) is 11.5. The van der Waals surface area contributed by atoms with E-state index in [0.717, 1.165) is 10.7 Å². The molecular formula is C13H16F3N3O. The van der Waals surface area contributed by atoms with Crippen molar-refractivity contribution in [3.8, 4) is 11.6 Å². The molecule has 2 rings (SSSR count). The van der Waals surface area contributed by atoms with Gasteiger partial charge in [0, 0.05) is 12.3 Å². The molecule has 2 aromatic rings. The van der Waals surface area contributed by atoms with E-state index in [1.54, 1.807) is 19.1 Å². The van der Waals surface area contributed by atoms with E-state index in [0.29, 0.717) is 5.69 Å². The lowest BCUT2D eigenvalue weighted by molar-refractivity contribution is -0.141. The van der Waals surface area contributed by atoms with E-state index >= 15 is 0 Å². The van der Waals surface area contributed by atoms with Gasteiger partial charge in [0.15, 0.2) is 5.69 Å². The quantitative estimate of drug-likeness (QED) is 0.864. The summed E-state index contributed by atoms with van der Waals surface area (Å²) in [7, 11) is 0. The van der Waals surface area contributed by atoms with Gasteiger partial charge in [0.2, 0.25) is 5.88 Å². The molecule has 0 fully saturated rings. The maximum Gasteiger partial charge on any atom is 0.435 e. The molecule has 4 nitrogen and oxygen atoms in total. The van der Waals surface area contributed by atoms with Crippen molar-refractivity contribution < 1.29 is 17.9 Å². The Bertz CT molecular complexity index is 523. The normalized spacial score (nSPS) is 10.7. The summed E-state index contributed by atoms with van der Waals surface area (Å²) in [6.45, 7) is 5.94. The molecule has 0 radical (unpaired) electrons. The fourth-order valence-corrected chi connectivity index (χ4v) is 1.42. The Hall–Kier alpha value is -2.05. The van der Waals surface area contributed by atoms with Gasteiger partial charge in [-0.05, 0) is 19.1 Å². The molecule has 0 bridgehead atoms. The van der Waals surface area contributed by atoms with Crippen LogP contribution >= 0.6 is 0 Å². The molecule has 0 aromatic carbocycles. The lowest BCUT2D eigenvalue weighted by Gasteiger charge is -2.06. The van der Waals surface area contributed by atoms with Crippen molar-refractivity contribution in [1.29, 1.82) is 0 Å². The van der Waals surface area contributed by atoms with Gasteiger partial charge in [0.25, 0.3) is 0 Å². The van der Waals surface area contributed by atoms with E-state index in [1.165, 1.54) is 12.4 Å². The summed E-state index contributed by atoms with van der Waals surface area (Å²) in [6, 6.07) is 4.08. The van der Waals surface area contributed by atoms with Crippen molar-refractivity contribution in [2.24, 2.45) is 0 Å². The summed E-state index contributed by atoms with van der Waals surface area (Å²) in [6.07, 6.45) is -1.56. The Labute approximate surface area is 115 Å². The van der Waals surface area contributed by atoms with Crippen molar-refractivity contribution >= 4 is 0 Å². The highest BCUT2D eigenvalue weighted by atomic mass is 19.4. The highest BCUT2D eigenvalue weighted by molar-refractivity contribution is 5.34. The number of pyridine rings is 1. The smallest absolute Gasteiger partial charge is 0.435 e. The third-order valence-electron chi connectivity index (χ3n) is 2.15. The van der Waals surface area contributed by atoms with Gasteiger partial charge in [0.1, 0.15) is 0 Å². The summed E-state index contributed by atoms with van der Waals surface area (Å²) >= 11 is 0. The maximum atomic E-state index is 12.6. The van der Waals surface area contributed by atoms with Crippen LogP contribution in [0.3, 0.4) is 0 Å². The van der Waals surface area contributed by atoms with E-state index in [1.807, 2.05) is 13.8 Å². The first-order valence-electron chi connectivity index (χ1n) is 6.23. The molecule has 0 aliphatic carbocycles. The molecule has 0 saturated carbocycles. The minimum Gasteiger partial charge on any atom is -0.478 e. The molecule has 0 unspecified atom stereocenters. The standard InChI is InChI=1S/C11H10F3N3O.C2H6/c1-2-18-10-6-9(11(12,13)14)16-17(10)8-4-3-5-15-7-8;1-2/h3-7H,2H2,1H3;1-2H3. The molecular weight excluding hydrogens is 271 g/mol. The highest BCUT2D eigenvalue weighted by Crippen LogP contribution is 2.31. The lowest BCUT2D eigenvalue weighted by atomic mass is 10.4. The van der Waals surface area contributed by atoms with Crippen LogP contribution < -0.4 is 4.74 Å². The fourth-order valence-electron chi connectivity index (χ4n) is 1.42. The zero-order chi connectivity index (χ0) is 15.2. The molecule has 0 amide bonds. The van der Waals surface area contributed by atoms with E-state index in [2.05, 4.69) is 10.1 Å². The first-order valence-corrected chi connectivity index (χ1v) is 6.23. The minimum absolute atomic E-state index is 0.0397. The number of ether oxygens (including phenoxy) is 1. The van der Waals surface area contributed by atoms with Gasteiger partial charge in [0.05, 0.1) is 18.5 Å². The second kappa shape index (κ2) is 6.93. The van der Waals surface area contributed by atoms with Crippen LogP contribution in [0.25, 0.3) is 5.69 Å². The average Bonchev–Trinajstić information content (AvgIpc) is 2.87. The van der Waals surface area contributed by atoms with E-state index in [-0.39, 0.29) is 12.5 Å². The van der Waals surface area contributed by atoms with Crippen LogP contribution in [-0.4, -0.2) is 21.4 Å². The monoisotopic (exact) mass is 287 g/mol. The van der Waals surface area contributed by atoms with Crippen LogP contribution in [0.1, 0.15) is 26.5 Å². The van der Waals surface area contributed by atoms with Crippen molar-refractivity contribution in [2.75, 3.05) is 6.61 Å². The third kappa shape index (κ3) is 3.72. The van der Waals surface area contributed by atoms with Crippen molar-refractivity contribution in [3.63, 3.8) is 0 Å². The maximum absolute atomic E-state index is 12.6. The van der Waals surface area contributed by atoms with Gasteiger partial charge >= 0.3 is 6.18 Å². The molecule has 7 heteroatoms. The van der Waals surface area contributed by atoms with Gasteiger partial charge in [-0.1, -0.05) is 13.8 Å². The van der Waals surface area contributed by atoms with Crippen LogP contribution in [0.2, 0.25) is 0 Å². The van der Waals surface area contributed by atoms with Crippen LogP contribution in [0, 0.1) is 0 Å². The number of halogens is 3. The van der Waals surface area contributed by atoms with Gasteiger partial charge in [-0.25, -0.2) is 0 Å². The summed E-state index contributed by atoms with van der Waals surface area (Å²) < 4.78 is 44.0. The van der Waals surface area contributed by atoms with Crippen molar-refractivity contribution in [2.45, 2.75) is 26.9 Å². The molecule has 0 aliphatic heterocycles. The fraction of sp³-hybridized carbons (Fsp3) is 0.385. The Morgan fingerprint density at radius 3 is 2.50 bits per heavy atom. The molecule has 0 atom stereocenters. The lowest BCUT2D eigenvalue weighted by Crippen LogP contribution is -2.07. The predicted octanol–water partition coefficient (Wildman–Crippen LogP) is 3.71. The average molecular weight is 287 g/mol. The van der Waals surface area contributed by atoms with Crippen LogP contribution in [0.4, 0.5) is 13.2 Å².